The fraction of sp³-hybridized carbons (Fsp3) is 0.833. The lowest BCUT2D eigenvalue weighted by Crippen LogP contribution is -2.48. The molecule has 0 saturated carbocycles. The van der Waals surface area contributed by atoms with E-state index >= 15 is 0 Å². The van der Waals surface area contributed by atoms with E-state index in [1.807, 2.05) is 25.7 Å². The van der Waals surface area contributed by atoms with E-state index in [4.69, 9.17) is 5.26 Å². The molecule has 0 aromatic carbocycles. The molecule has 4 heteroatoms. The first-order chi connectivity index (χ1) is 7.48. The minimum atomic E-state index is -0.154. The number of nitrogens with one attached hydrogen (secondary N) is 1. The van der Waals surface area contributed by atoms with Crippen LogP contribution in [0.1, 0.15) is 40.0 Å². The molecule has 1 N–H and O–H groups in total. The third kappa shape index (κ3) is 3.49. The molecule has 1 unspecified atom stereocenters. The van der Waals surface area contributed by atoms with Gasteiger partial charge in [0.05, 0.1) is 18.7 Å². The van der Waals surface area contributed by atoms with Crippen LogP contribution in [0.5, 0.6) is 0 Å². The SMILES string of the molecule is CCC(C)(C)NC(=O)CN1CCCC1C#N. The number of carbonyl (C=O) groups excluding carboxylic acids is 1. The van der Waals surface area contributed by atoms with Gasteiger partial charge >= 0.3 is 0 Å². The van der Waals surface area contributed by atoms with Crippen molar-refractivity contribution >= 4 is 5.91 Å². The van der Waals surface area contributed by atoms with E-state index in [-0.39, 0.29) is 17.5 Å². The first kappa shape index (κ1) is 13.0. The van der Waals surface area contributed by atoms with E-state index < -0.39 is 0 Å². The van der Waals surface area contributed by atoms with Crippen molar-refractivity contribution in [2.45, 2.75) is 51.6 Å². The van der Waals surface area contributed by atoms with Crippen molar-refractivity contribution in [2.75, 3.05) is 13.1 Å². The Morgan fingerprint density at radius 2 is 2.31 bits per heavy atom. The summed E-state index contributed by atoms with van der Waals surface area (Å²) in [7, 11) is 0. The molecular weight excluding hydrogens is 202 g/mol. The number of carbonyl (C=O) groups is 1. The number of hydrogen-bond acceptors (Lipinski definition) is 3. The van der Waals surface area contributed by atoms with Crippen molar-refractivity contribution in [3.05, 3.63) is 0 Å². The van der Waals surface area contributed by atoms with Crippen molar-refractivity contribution in [1.29, 1.82) is 5.26 Å². The maximum atomic E-state index is 11.8. The van der Waals surface area contributed by atoms with Gasteiger partial charge in [0.15, 0.2) is 0 Å². The van der Waals surface area contributed by atoms with E-state index in [2.05, 4.69) is 11.4 Å². The lowest BCUT2D eigenvalue weighted by molar-refractivity contribution is -0.123. The molecule has 1 aliphatic rings. The molecule has 0 aromatic rings. The number of nitrogens with zero attached hydrogens (tertiary/aromatic N) is 2. The summed E-state index contributed by atoms with van der Waals surface area (Å²) in [5, 5.41) is 11.9. The van der Waals surface area contributed by atoms with Crippen LogP contribution in [0, 0.1) is 11.3 Å². The molecule has 4 nitrogen and oxygen atoms in total. The quantitative estimate of drug-likeness (QED) is 0.781. The van der Waals surface area contributed by atoms with Crippen LogP contribution in [-0.2, 0) is 4.79 Å². The van der Waals surface area contributed by atoms with Crippen LogP contribution < -0.4 is 5.32 Å². The van der Waals surface area contributed by atoms with E-state index in [0.29, 0.717) is 6.54 Å². The molecule has 1 fully saturated rings. The van der Waals surface area contributed by atoms with Gasteiger partial charge in [-0.3, -0.25) is 9.69 Å². The van der Waals surface area contributed by atoms with Gasteiger partial charge in [-0.15, -0.1) is 0 Å². The van der Waals surface area contributed by atoms with Crippen molar-refractivity contribution in [3.63, 3.8) is 0 Å². The van der Waals surface area contributed by atoms with Crippen molar-refractivity contribution < 1.29 is 4.79 Å². The smallest absolute Gasteiger partial charge is 0.234 e. The number of rotatable bonds is 4. The van der Waals surface area contributed by atoms with Crippen molar-refractivity contribution in [3.8, 4) is 6.07 Å². The van der Waals surface area contributed by atoms with Gasteiger partial charge in [-0.05, 0) is 33.1 Å². The van der Waals surface area contributed by atoms with Crippen LogP contribution in [0.4, 0.5) is 0 Å². The van der Waals surface area contributed by atoms with Gasteiger partial charge in [0.2, 0.25) is 5.91 Å². The number of nitriles is 1. The molecular formula is C12H21N3O. The van der Waals surface area contributed by atoms with Gasteiger partial charge < -0.3 is 5.32 Å². The van der Waals surface area contributed by atoms with E-state index in [9.17, 15) is 4.79 Å². The van der Waals surface area contributed by atoms with Crippen LogP contribution in [0.25, 0.3) is 0 Å². The highest BCUT2D eigenvalue weighted by molar-refractivity contribution is 5.78. The highest BCUT2D eigenvalue weighted by Gasteiger charge is 2.27. The largest absolute Gasteiger partial charge is 0.350 e. The Bertz CT molecular complexity index is 293. The second-order valence-corrected chi connectivity index (χ2v) is 5.04. The van der Waals surface area contributed by atoms with Gasteiger partial charge in [0.1, 0.15) is 0 Å². The second-order valence-electron chi connectivity index (χ2n) is 5.04. The third-order valence-electron chi connectivity index (χ3n) is 3.22. The molecule has 1 heterocycles. The number of amides is 1. The number of likely N-dealkylation sites (tertiary alicyclic amines) is 1. The first-order valence-corrected chi connectivity index (χ1v) is 5.93. The average molecular weight is 223 g/mol. The zero-order valence-electron chi connectivity index (χ0n) is 10.4. The Morgan fingerprint density at radius 3 is 2.88 bits per heavy atom. The maximum absolute atomic E-state index is 11.8. The average Bonchev–Trinajstić information content (AvgIpc) is 2.64. The van der Waals surface area contributed by atoms with Gasteiger partial charge in [-0.1, -0.05) is 6.92 Å². The summed E-state index contributed by atoms with van der Waals surface area (Å²) < 4.78 is 0. The highest BCUT2D eigenvalue weighted by Crippen LogP contribution is 2.16. The van der Waals surface area contributed by atoms with Gasteiger partial charge in [-0.2, -0.15) is 5.26 Å². The molecule has 90 valence electrons. The van der Waals surface area contributed by atoms with Crippen molar-refractivity contribution in [1.82, 2.24) is 10.2 Å². The van der Waals surface area contributed by atoms with E-state index in [1.165, 1.54) is 0 Å². The fourth-order valence-electron chi connectivity index (χ4n) is 1.85. The first-order valence-electron chi connectivity index (χ1n) is 5.93. The van der Waals surface area contributed by atoms with Crippen LogP contribution in [0.3, 0.4) is 0 Å². The summed E-state index contributed by atoms with van der Waals surface area (Å²) in [5.74, 6) is 0.0222. The molecule has 0 spiro atoms. The Morgan fingerprint density at radius 1 is 1.62 bits per heavy atom. The summed E-state index contributed by atoms with van der Waals surface area (Å²) in [4.78, 5) is 13.7. The zero-order chi connectivity index (χ0) is 12.2. The topological polar surface area (TPSA) is 56.1 Å². The normalized spacial score (nSPS) is 21.8. The minimum absolute atomic E-state index is 0.0222. The predicted octanol–water partition coefficient (Wildman–Crippen LogP) is 1.28. The zero-order valence-corrected chi connectivity index (χ0v) is 10.4. The molecule has 0 bridgehead atoms. The Labute approximate surface area is 97.6 Å². The van der Waals surface area contributed by atoms with Gasteiger partial charge in [0.25, 0.3) is 0 Å². The summed E-state index contributed by atoms with van der Waals surface area (Å²) in [6, 6.07) is 2.17. The van der Waals surface area contributed by atoms with Crippen LogP contribution in [-0.4, -0.2) is 35.5 Å². The Hall–Kier alpha value is -1.08. The van der Waals surface area contributed by atoms with Crippen LogP contribution >= 0.6 is 0 Å². The lowest BCUT2D eigenvalue weighted by atomic mass is 10.0. The standard InChI is InChI=1S/C12H21N3O/c1-4-12(2,3)14-11(16)9-15-7-5-6-10(15)8-13/h10H,4-7,9H2,1-3H3,(H,14,16). The predicted molar refractivity (Wildman–Crippen MR) is 62.7 cm³/mol. The third-order valence-corrected chi connectivity index (χ3v) is 3.22. The van der Waals surface area contributed by atoms with Gasteiger partial charge in [0, 0.05) is 12.1 Å². The molecule has 1 amide bonds. The molecule has 1 aliphatic heterocycles. The molecule has 16 heavy (non-hydrogen) atoms. The summed E-state index contributed by atoms with van der Waals surface area (Å²) >= 11 is 0. The van der Waals surface area contributed by atoms with Crippen molar-refractivity contribution in [2.24, 2.45) is 0 Å². The molecule has 1 atom stereocenters. The Kier molecular flexibility index (Phi) is 4.31. The highest BCUT2D eigenvalue weighted by atomic mass is 16.2. The second kappa shape index (κ2) is 5.31. The summed E-state index contributed by atoms with van der Waals surface area (Å²) in [6.45, 7) is 7.28. The molecule has 0 aromatic heterocycles. The molecule has 0 radical (unpaired) electrons. The monoisotopic (exact) mass is 223 g/mol. The Balaban J connectivity index is 2.43. The molecule has 0 aliphatic carbocycles. The van der Waals surface area contributed by atoms with Gasteiger partial charge in [-0.25, -0.2) is 0 Å². The summed E-state index contributed by atoms with van der Waals surface area (Å²) in [5.41, 5.74) is -0.154. The fourth-order valence-corrected chi connectivity index (χ4v) is 1.85. The van der Waals surface area contributed by atoms with E-state index in [1.54, 1.807) is 0 Å². The number of hydrogen-bond donors (Lipinski definition) is 1. The molecule has 1 saturated heterocycles. The molecule has 1 rings (SSSR count). The lowest BCUT2D eigenvalue weighted by Gasteiger charge is -2.26. The maximum Gasteiger partial charge on any atom is 0.234 e. The van der Waals surface area contributed by atoms with Crippen LogP contribution in [0.15, 0.2) is 0 Å². The minimum Gasteiger partial charge on any atom is -0.350 e. The van der Waals surface area contributed by atoms with Crippen LogP contribution in [0.2, 0.25) is 0 Å². The van der Waals surface area contributed by atoms with E-state index in [0.717, 1.165) is 25.8 Å². The summed E-state index contributed by atoms with van der Waals surface area (Å²) in [6.07, 6.45) is 2.81.